The second-order valence-electron chi connectivity index (χ2n) is 2.95. The van der Waals surface area contributed by atoms with E-state index >= 15 is 0 Å². The minimum Gasteiger partial charge on any atom is -0.507 e. The van der Waals surface area contributed by atoms with Gasteiger partial charge in [0.1, 0.15) is 17.1 Å². The van der Waals surface area contributed by atoms with Crippen molar-refractivity contribution in [3.8, 4) is 5.75 Å². The van der Waals surface area contributed by atoms with E-state index < -0.39 is 41.3 Å². The third kappa shape index (κ3) is 2.05. The number of aliphatic hydroxyl groups is 1. The molecule has 5 nitrogen and oxygen atoms in total. The predicted octanol–water partition coefficient (Wildman–Crippen LogP) is 0.222. The van der Waals surface area contributed by atoms with E-state index in [9.17, 15) is 14.3 Å². The van der Waals surface area contributed by atoms with Gasteiger partial charge in [0.2, 0.25) is 0 Å². The first-order valence-corrected chi connectivity index (χ1v) is 4.10. The van der Waals surface area contributed by atoms with Gasteiger partial charge in [-0.1, -0.05) is 0 Å². The van der Waals surface area contributed by atoms with E-state index in [4.69, 9.17) is 15.9 Å². The number of aromatic carboxylic acids is 1. The van der Waals surface area contributed by atoms with E-state index in [1.54, 1.807) is 0 Å². The van der Waals surface area contributed by atoms with Gasteiger partial charge in [0.15, 0.2) is 0 Å². The molecule has 1 aromatic rings. The number of phenols is 1. The van der Waals surface area contributed by atoms with Crippen LogP contribution in [0.25, 0.3) is 0 Å². The summed E-state index contributed by atoms with van der Waals surface area (Å²) < 4.78 is 13.2. The lowest BCUT2D eigenvalue weighted by Crippen LogP contribution is -2.17. The Kier molecular flexibility index (Phi) is 3.23. The van der Waals surface area contributed by atoms with Crippen LogP contribution in [0.1, 0.15) is 22.0 Å². The molecule has 0 saturated heterocycles. The molecule has 0 aliphatic rings. The van der Waals surface area contributed by atoms with Gasteiger partial charge in [0.05, 0.1) is 12.6 Å². The lowest BCUT2D eigenvalue weighted by Gasteiger charge is -2.13. The van der Waals surface area contributed by atoms with Crippen LogP contribution in [0.5, 0.6) is 5.75 Å². The molecule has 15 heavy (non-hydrogen) atoms. The lowest BCUT2D eigenvalue weighted by atomic mass is 10.0. The van der Waals surface area contributed by atoms with Gasteiger partial charge in [-0.05, 0) is 12.1 Å². The maximum atomic E-state index is 13.2. The van der Waals surface area contributed by atoms with E-state index in [2.05, 4.69) is 0 Å². The fourth-order valence-corrected chi connectivity index (χ4v) is 1.20. The number of aliphatic hydroxyl groups excluding tert-OH is 1. The van der Waals surface area contributed by atoms with E-state index in [0.29, 0.717) is 0 Å². The monoisotopic (exact) mass is 215 g/mol. The van der Waals surface area contributed by atoms with Crippen molar-refractivity contribution >= 4 is 5.97 Å². The number of hydrogen-bond donors (Lipinski definition) is 4. The van der Waals surface area contributed by atoms with Crippen molar-refractivity contribution < 1.29 is 24.5 Å². The second-order valence-corrected chi connectivity index (χ2v) is 2.95. The quantitative estimate of drug-likeness (QED) is 0.577. The smallest absolute Gasteiger partial charge is 0.339 e. The third-order valence-electron chi connectivity index (χ3n) is 1.96. The molecular weight excluding hydrogens is 205 g/mol. The predicted molar refractivity (Wildman–Crippen MR) is 49.0 cm³/mol. The van der Waals surface area contributed by atoms with Crippen LogP contribution in [0.4, 0.5) is 4.39 Å². The van der Waals surface area contributed by atoms with Gasteiger partial charge in [-0.3, -0.25) is 0 Å². The highest BCUT2D eigenvalue weighted by Crippen LogP contribution is 2.29. The van der Waals surface area contributed by atoms with Gasteiger partial charge in [-0.15, -0.1) is 0 Å². The zero-order valence-corrected chi connectivity index (χ0v) is 7.64. The van der Waals surface area contributed by atoms with Crippen LogP contribution < -0.4 is 5.73 Å². The molecule has 1 aromatic carbocycles. The summed E-state index contributed by atoms with van der Waals surface area (Å²) in [6.45, 7) is -0.590. The number of carboxylic acid groups (broad SMARTS) is 1. The zero-order valence-electron chi connectivity index (χ0n) is 7.64. The molecule has 1 rings (SSSR count). The minimum atomic E-state index is -1.39. The van der Waals surface area contributed by atoms with Crippen LogP contribution in [0.2, 0.25) is 0 Å². The van der Waals surface area contributed by atoms with E-state index in [0.717, 1.165) is 12.1 Å². The van der Waals surface area contributed by atoms with Gasteiger partial charge in [0, 0.05) is 5.56 Å². The van der Waals surface area contributed by atoms with Crippen LogP contribution in [0.15, 0.2) is 12.1 Å². The molecule has 6 heteroatoms. The van der Waals surface area contributed by atoms with Gasteiger partial charge in [-0.2, -0.15) is 0 Å². The summed E-state index contributed by atoms with van der Waals surface area (Å²) in [5.74, 6) is -2.98. The van der Waals surface area contributed by atoms with Crippen LogP contribution in [-0.4, -0.2) is 27.9 Å². The molecule has 0 bridgehead atoms. The summed E-state index contributed by atoms with van der Waals surface area (Å²) in [6.07, 6.45) is 0. The molecule has 0 spiro atoms. The highest BCUT2D eigenvalue weighted by atomic mass is 19.1. The van der Waals surface area contributed by atoms with E-state index in [1.165, 1.54) is 0 Å². The number of hydrogen-bond acceptors (Lipinski definition) is 4. The molecule has 82 valence electrons. The van der Waals surface area contributed by atoms with E-state index in [-0.39, 0.29) is 0 Å². The fraction of sp³-hybridized carbons (Fsp3) is 0.222. The first-order chi connectivity index (χ1) is 6.99. The van der Waals surface area contributed by atoms with Gasteiger partial charge in [-0.25, -0.2) is 9.18 Å². The maximum absolute atomic E-state index is 13.2. The topological polar surface area (TPSA) is 104 Å². The van der Waals surface area contributed by atoms with Crippen molar-refractivity contribution in [3.63, 3.8) is 0 Å². The Labute approximate surface area is 84.6 Å². The Morgan fingerprint density at radius 2 is 2.13 bits per heavy atom. The summed E-state index contributed by atoms with van der Waals surface area (Å²) in [5.41, 5.74) is 4.48. The molecule has 5 N–H and O–H groups in total. The number of carbonyl (C=O) groups is 1. The Balaban J connectivity index is 3.36. The highest BCUT2D eigenvalue weighted by Gasteiger charge is 2.21. The van der Waals surface area contributed by atoms with Crippen LogP contribution >= 0.6 is 0 Å². The molecule has 1 atom stereocenters. The Morgan fingerprint density at radius 1 is 1.53 bits per heavy atom. The SMILES string of the molecule is N[C@H](CO)c1c(F)ccc(C(=O)O)c1O. The molecule has 0 aromatic heterocycles. The molecule has 0 amide bonds. The number of benzene rings is 1. The van der Waals surface area contributed by atoms with Crippen molar-refractivity contribution in [2.75, 3.05) is 6.61 Å². The fourth-order valence-electron chi connectivity index (χ4n) is 1.20. The third-order valence-corrected chi connectivity index (χ3v) is 1.96. The molecule has 0 aliphatic carbocycles. The summed E-state index contributed by atoms with van der Waals surface area (Å²) >= 11 is 0. The van der Waals surface area contributed by atoms with E-state index in [1.807, 2.05) is 0 Å². The van der Waals surface area contributed by atoms with Gasteiger partial charge >= 0.3 is 5.97 Å². The molecule has 0 fully saturated rings. The number of halogens is 1. The highest BCUT2D eigenvalue weighted by molar-refractivity contribution is 5.91. The Morgan fingerprint density at radius 3 is 2.60 bits per heavy atom. The van der Waals surface area contributed by atoms with Crippen molar-refractivity contribution in [1.82, 2.24) is 0 Å². The van der Waals surface area contributed by atoms with Crippen molar-refractivity contribution in [1.29, 1.82) is 0 Å². The summed E-state index contributed by atoms with van der Waals surface area (Å²) in [6, 6.07) is 0.665. The minimum absolute atomic E-state index is 0.391. The Bertz CT molecular complexity index is 394. The first kappa shape index (κ1) is 11.4. The standard InChI is InChI=1S/C9H10FNO4/c10-5-2-1-4(9(14)15)8(13)7(5)6(11)3-12/h1-2,6,12-13H,3,11H2,(H,14,15)/t6-/m1/s1. The average Bonchev–Trinajstić information content (AvgIpc) is 2.16. The summed E-state index contributed by atoms with van der Waals surface area (Å²) in [4.78, 5) is 10.6. The van der Waals surface area contributed by atoms with Crippen molar-refractivity contribution in [2.24, 2.45) is 5.73 Å². The van der Waals surface area contributed by atoms with Crippen molar-refractivity contribution in [2.45, 2.75) is 6.04 Å². The number of nitrogens with two attached hydrogens (primary N) is 1. The molecule has 0 heterocycles. The van der Waals surface area contributed by atoms with Gasteiger partial charge < -0.3 is 21.1 Å². The first-order valence-electron chi connectivity index (χ1n) is 4.10. The summed E-state index contributed by atoms with van der Waals surface area (Å²) in [5, 5.41) is 26.8. The molecule has 0 aliphatic heterocycles. The number of carboxylic acids is 1. The normalized spacial score (nSPS) is 12.5. The van der Waals surface area contributed by atoms with Crippen LogP contribution in [0.3, 0.4) is 0 Å². The zero-order chi connectivity index (χ0) is 11.6. The molecule has 0 unspecified atom stereocenters. The molecule has 0 radical (unpaired) electrons. The van der Waals surface area contributed by atoms with Crippen LogP contribution in [0, 0.1) is 5.82 Å². The maximum Gasteiger partial charge on any atom is 0.339 e. The summed E-state index contributed by atoms with van der Waals surface area (Å²) in [7, 11) is 0. The lowest BCUT2D eigenvalue weighted by molar-refractivity contribution is 0.0693. The second kappa shape index (κ2) is 4.24. The Hall–Kier alpha value is -1.66. The van der Waals surface area contributed by atoms with Crippen LogP contribution in [-0.2, 0) is 0 Å². The van der Waals surface area contributed by atoms with Crippen molar-refractivity contribution in [3.05, 3.63) is 29.1 Å². The molecule has 0 saturated carbocycles. The van der Waals surface area contributed by atoms with Gasteiger partial charge in [0.25, 0.3) is 0 Å². The molecular formula is C9H10FNO4. The largest absolute Gasteiger partial charge is 0.507 e. The number of rotatable bonds is 3. The number of aromatic hydroxyl groups is 1. The average molecular weight is 215 g/mol.